The zero-order valence-electron chi connectivity index (χ0n) is 32.6. The molecule has 9 aromatic carbocycles. The van der Waals surface area contributed by atoms with Crippen LogP contribution in [0.15, 0.2) is 223 Å². The van der Waals surface area contributed by atoms with E-state index in [0.717, 1.165) is 39.0 Å². The Bertz CT molecular complexity index is 3200. The maximum absolute atomic E-state index is 6.58. The van der Waals surface area contributed by atoms with Crippen LogP contribution in [-0.2, 0) is 10.8 Å². The summed E-state index contributed by atoms with van der Waals surface area (Å²) in [7, 11) is 0. The lowest BCUT2D eigenvalue weighted by atomic mass is 9.68. The zero-order valence-corrected chi connectivity index (χ0v) is 32.6. The number of para-hydroxylation sites is 1. The van der Waals surface area contributed by atoms with Gasteiger partial charge in [0.05, 0.1) is 22.2 Å². The van der Waals surface area contributed by atoms with Gasteiger partial charge >= 0.3 is 0 Å². The van der Waals surface area contributed by atoms with Gasteiger partial charge in [-0.2, -0.15) is 0 Å². The first-order valence-corrected chi connectivity index (χ1v) is 20.5. The third kappa shape index (κ3) is 4.63. The highest BCUT2D eigenvalue weighted by Gasteiger charge is 2.48. The van der Waals surface area contributed by atoms with Gasteiger partial charge < -0.3 is 9.32 Å². The van der Waals surface area contributed by atoms with Crippen LogP contribution < -0.4 is 4.90 Å². The van der Waals surface area contributed by atoms with Crippen LogP contribution in [0.5, 0.6) is 0 Å². The third-order valence-corrected chi connectivity index (χ3v) is 13.2. The molecule has 1 aromatic heterocycles. The Kier molecular flexibility index (Phi) is 7.31. The average Bonchev–Trinajstić information content (AvgIpc) is 3.93. The largest absolute Gasteiger partial charge is 0.456 e. The first-order valence-electron chi connectivity index (χ1n) is 20.5. The van der Waals surface area contributed by atoms with E-state index in [4.69, 9.17) is 4.42 Å². The molecule has 1 unspecified atom stereocenters. The van der Waals surface area contributed by atoms with Crippen molar-refractivity contribution in [1.82, 2.24) is 0 Å². The molecule has 10 aromatic rings. The number of anilines is 3. The summed E-state index contributed by atoms with van der Waals surface area (Å²) in [6, 6.07) is 80.1. The minimum absolute atomic E-state index is 0.296. The summed E-state index contributed by atoms with van der Waals surface area (Å²) in [6.45, 7) is 2.39. The molecule has 12 rings (SSSR count). The van der Waals surface area contributed by atoms with Crippen LogP contribution in [0.3, 0.4) is 0 Å². The molecule has 0 saturated heterocycles. The molecule has 278 valence electrons. The van der Waals surface area contributed by atoms with Crippen molar-refractivity contribution >= 4 is 39.0 Å². The lowest BCUT2D eigenvalue weighted by molar-refractivity contribution is 0.669. The molecular formula is C57H39NO. The Hall–Kier alpha value is -7.42. The lowest BCUT2D eigenvalue weighted by Gasteiger charge is -2.34. The van der Waals surface area contributed by atoms with Crippen molar-refractivity contribution in [3.05, 3.63) is 257 Å². The van der Waals surface area contributed by atoms with Gasteiger partial charge in [0.1, 0.15) is 11.2 Å². The fraction of sp³-hybridized carbons (Fsp3) is 0.0526. The van der Waals surface area contributed by atoms with Crippen LogP contribution in [0.25, 0.3) is 44.2 Å². The van der Waals surface area contributed by atoms with Gasteiger partial charge in [0.2, 0.25) is 0 Å². The molecule has 1 atom stereocenters. The molecule has 2 nitrogen and oxygen atoms in total. The fourth-order valence-corrected chi connectivity index (χ4v) is 10.7. The van der Waals surface area contributed by atoms with Crippen LogP contribution in [0, 0.1) is 0 Å². The third-order valence-electron chi connectivity index (χ3n) is 13.2. The average molecular weight is 754 g/mol. The minimum atomic E-state index is -0.529. The van der Waals surface area contributed by atoms with E-state index >= 15 is 0 Å². The van der Waals surface area contributed by atoms with Gasteiger partial charge in [-0.3, -0.25) is 0 Å². The van der Waals surface area contributed by atoms with Gasteiger partial charge in [0, 0.05) is 22.1 Å². The van der Waals surface area contributed by atoms with E-state index in [1.807, 2.05) is 0 Å². The van der Waals surface area contributed by atoms with Crippen LogP contribution in [0.4, 0.5) is 17.1 Å². The molecule has 2 aliphatic rings. The first-order chi connectivity index (χ1) is 29.2. The molecule has 0 radical (unpaired) electrons. The van der Waals surface area contributed by atoms with Gasteiger partial charge in [-0.1, -0.05) is 182 Å². The van der Waals surface area contributed by atoms with Crippen molar-refractivity contribution in [3.8, 4) is 22.3 Å². The second-order valence-corrected chi connectivity index (χ2v) is 16.1. The maximum Gasteiger partial charge on any atom is 0.137 e. The predicted octanol–water partition coefficient (Wildman–Crippen LogP) is 14.8. The summed E-state index contributed by atoms with van der Waals surface area (Å²) < 4.78 is 6.58. The summed E-state index contributed by atoms with van der Waals surface area (Å²) in [6.07, 6.45) is 0. The predicted molar refractivity (Wildman–Crippen MR) is 243 cm³/mol. The van der Waals surface area contributed by atoms with E-state index in [2.05, 4.69) is 230 Å². The Morgan fingerprint density at radius 3 is 1.68 bits per heavy atom. The number of nitrogens with zero attached hydrogens (tertiary/aromatic N) is 1. The van der Waals surface area contributed by atoms with Crippen LogP contribution >= 0.6 is 0 Å². The molecule has 2 heteroatoms. The Labute approximate surface area is 344 Å². The Morgan fingerprint density at radius 1 is 0.390 bits per heavy atom. The highest BCUT2D eigenvalue weighted by molar-refractivity contribution is 6.14. The highest BCUT2D eigenvalue weighted by atomic mass is 16.3. The zero-order chi connectivity index (χ0) is 39.1. The first kappa shape index (κ1) is 33.7. The Morgan fingerprint density at radius 2 is 0.932 bits per heavy atom. The number of furan rings is 1. The molecule has 0 spiro atoms. The minimum Gasteiger partial charge on any atom is -0.456 e. The number of rotatable bonds is 6. The normalized spacial score (nSPS) is 15.7. The molecule has 0 saturated carbocycles. The van der Waals surface area contributed by atoms with Crippen LogP contribution in [0.2, 0.25) is 0 Å². The topological polar surface area (TPSA) is 16.4 Å². The number of fused-ring (bicyclic) bond motifs is 9. The van der Waals surface area contributed by atoms with Crippen molar-refractivity contribution in [2.45, 2.75) is 17.8 Å². The van der Waals surface area contributed by atoms with Gasteiger partial charge in [-0.15, -0.1) is 0 Å². The standard InChI is InChI=1S/C57H39NO/c1-56(38-19-5-2-6-20-38)46-28-14-11-25-42(46)45-37-41(35-36-47(45)56)58(51-32-18-34-53-55(51)44-27-13-16-33-52(44)59-53)50-31-17-30-49-54(50)43-26-12-15-29-48(43)57(49,39-21-7-3-8-22-39)40-23-9-4-10-24-40/h2-37H,1H3. The van der Waals surface area contributed by atoms with Crippen molar-refractivity contribution in [3.63, 3.8) is 0 Å². The smallest absolute Gasteiger partial charge is 0.137 e. The van der Waals surface area contributed by atoms with Gasteiger partial charge in [0.25, 0.3) is 0 Å². The summed E-state index contributed by atoms with van der Waals surface area (Å²) in [5.41, 5.74) is 18.2. The quantitative estimate of drug-likeness (QED) is 0.168. The van der Waals surface area contributed by atoms with E-state index in [9.17, 15) is 0 Å². The van der Waals surface area contributed by atoms with E-state index in [1.165, 1.54) is 61.2 Å². The Balaban J connectivity index is 1.19. The molecule has 1 heterocycles. The molecule has 0 aliphatic heterocycles. The lowest BCUT2D eigenvalue weighted by Crippen LogP contribution is -2.28. The summed E-state index contributed by atoms with van der Waals surface area (Å²) >= 11 is 0. The number of benzene rings is 9. The van der Waals surface area contributed by atoms with Crippen molar-refractivity contribution in [1.29, 1.82) is 0 Å². The van der Waals surface area contributed by atoms with E-state index in [-0.39, 0.29) is 5.41 Å². The molecule has 0 bridgehead atoms. The molecule has 0 fully saturated rings. The second-order valence-electron chi connectivity index (χ2n) is 16.1. The van der Waals surface area contributed by atoms with Gasteiger partial charge in [0.15, 0.2) is 0 Å². The van der Waals surface area contributed by atoms with Crippen LogP contribution in [0.1, 0.15) is 45.9 Å². The second kappa shape index (κ2) is 12.8. The molecular weight excluding hydrogens is 715 g/mol. The molecule has 59 heavy (non-hydrogen) atoms. The monoisotopic (exact) mass is 753 g/mol. The van der Waals surface area contributed by atoms with E-state index in [1.54, 1.807) is 0 Å². The fourth-order valence-electron chi connectivity index (χ4n) is 10.7. The number of hydrogen-bond acceptors (Lipinski definition) is 2. The summed E-state index contributed by atoms with van der Waals surface area (Å²) in [5, 5.41) is 2.20. The summed E-state index contributed by atoms with van der Waals surface area (Å²) in [4.78, 5) is 2.51. The van der Waals surface area contributed by atoms with E-state index in [0.29, 0.717) is 0 Å². The van der Waals surface area contributed by atoms with Crippen molar-refractivity contribution < 1.29 is 4.42 Å². The molecule has 0 amide bonds. The van der Waals surface area contributed by atoms with Gasteiger partial charge in [-0.05, 0) is 99.0 Å². The SMILES string of the molecule is CC1(c2ccccc2)c2ccccc2-c2cc(N(c3cccc4c3-c3ccccc3C4(c3ccccc3)c3ccccc3)c3cccc4oc5ccccc5c34)ccc21. The van der Waals surface area contributed by atoms with Crippen molar-refractivity contribution in [2.24, 2.45) is 0 Å². The van der Waals surface area contributed by atoms with Crippen LogP contribution in [-0.4, -0.2) is 0 Å². The van der Waals surface area contributed by atoms with Crippen molar-refractivity contribution in [2.75, 3.05) is 4.90 Å². The molecule has 0 N–H and O–H groups in total. The number of hydrogen-bond donors (Lipinski definition) is 0. The molecule has 2 aliphatic carbocycles. The maximum atomic E-state index is 6.58. The van der Waals surface area contributed by atoms with E-state index < -0.39 is 5.41 Å². The van der Waals surface area contributed by atoms with Gasteiger partial charge in [-0.25, -0.2) is 0 Å². The highest BCUT2D eigenvalue weighted by Crippen LogP contribution is 2.61. The summed E-state index contributed by atoms with van der Waals surface area (Å²) in [5.74, 6) is 0.